The first-order chi connectivity index (χ1) is 14.8. The number of rotatable bonds is 4. The second kappa shape index (κ2) is 8.74. The Morgan fingerprint density at radius 3 is 2.25 bits per heavy atom. The number of morpholine rings is 1. The van der Waals surface area contributed by atoms with Gasteiger partial charge in [0, 0.05) is 19.6 Å². The molecule has 1 aromatic rings. The highest BCUT2D eigenvalue weighted by Crippen LogP contribution is 2.42. The van der Waals surface area contributed by atoms with Crippen LogP contribution in [0.3, 0.4) is 0 Å². The third kappa shape index (κ3) is 4.69. The lowest BCUT2D eigenvalue weighted by molar-refractivity contribution is -0.289. The first-order valence-corrected chi connectivity index (χ1v) is 11.0. The number of hydrogen-bond acceptors (Lipinski definition) is 6. The summed E-state index contributed by atoms with van der Waals surface area (Å²) < 4.78 is 86.2. The summed E-state index contributed by atoms with van der Waals surface area (Å²) in [6.45, 7) is -2.27. The number of halogens is 4. The molecule has 9 nitrogen and oxygen atoms in total. The quantitative estimate of drug-likeness (QED) is 0.546. The number of amides is 1. The van der Waals surface area contributed by atoms with E-state index in [1.54, 1.807) is 0 Å². The molecule has 2 unspecified atom stereocenters. The van der Waals surface area contributed by atoms with Gasteiger partial charge in [-0.3, -0.25) is 0 Å². The fraction of sp³-hybridized carbons (Fsp3) is 0.611. The highest BCUT2D eigenvalue weighted by atomic mass is 32.2. The Bertz CT molecular complexity index is 934. The molecule has 0 aromatic heterocycles. The van der Waals surface area contributed by atoms with Crippen LogP contribution < -0.4 is 0 Å². The summed E-state index contributed by atoms with van der Waals surface area (Å²) >= 11 is 0. The molecule has 2 heterocycles. The highest BCUT2D eigenvalue weighted by molar-refractivity contribution is 7.89. The van der Waals surface area contributed by atoms with Crippen molar-refractivity contribution in [3.63, 3.8) is 0 Å². The zero-order valence-corrected chi connectivity index (χ0v) is 17.4. The molecular weight excluding hydrogens is 464 g/mol. The van der Waals surface area contributed by atoms with Crippen LogP contribution >= 0.6 is 0 Å². The van der Waals surface area contributed by atoms with Gasteiger partial charge in [-0.05, 0) is 37.1 Å². The van der Waals surface area contributed by atoms with Gasteiger partial charge < -0.3 is 25.0 Å². The minimum Gasteiger partial charge on any atom is -0.465 e. The van der Waals surface area contributed by atoms with E-state index in [-0.39, 0.29) is 25.9 Å². The smallest absolute Gasteiger partial charge is 0.407 e. The van der Waals surface area contributed by atoms with Crippen molar-refractivity contribution >= 4 is 16.1 Å². The first-order valence-electron chi connectivity index (χ1n) is 9.59. The van der Waals surface area contributed by atoms with Crippen molar-refractivity contribution in [2.75, 3.05) is 26.2 Å². The lowest BCUT2D eigenvalue weighted by Crippen LogP contribution is -2.67. The summed E-state index contributed by atoms with van der Waals surface area (Å²) in [6, 6.07) is 3.53. The van der Waals surface area contributed by atoms with Gasteiger partial charge in [-0.15, -0.1) is 0 Å². The molecule has 2 saturated heterocycles. The molecule has 0 saturated carbocycles. The molecule has 3 rings (SSSR count). The lowest BCUT2D eigenvalue weighted by atomic mass is 9.87. The SMILES string of the molecule is O=C(O)N1CCC2(CC1)CN(S(=O)(=O)c1ccc(F)cc1)C(O)[C@@H](C(CO)C(F)(F)F)O2. The van der Waals surface area contributed by atoms with Crippen LogP contribution in [0.4, 0.5) is 22.4 Å². The number of piperidine rings is 1. The maximum absolute atomic E-state index is 13.5. The highest BCUT2D eigenvalue weighted by Gasteiger charge is 2.57. The van der Waals surface area contributed by atoms with Gasteiger partial charge in [0.15, 0.2) is 0 Å². The first kappa shape index (κ1) is 24.6. The second-order valence-corrected chi connectivity index (χ2v) is 9.67. The average Bonchev–Trinajstić information content (AvgIpc) is 2.70. The molecule has 180 valence electrons. The van der Waals surface area contributed by atoms with Crippen LogP contribution in [0, 0.1) is 11.7 Å². The van der Waals surface area contributed by atoms with Crippen LogP contribution in [-0.2, 0) is 14.8 Å². The molecule has 2 aliphatic heterocycles. The third-order valence-electron chi connectivity index (χ3n) is 5.80. The predicted molar refractivity (Wildman–Crippen MR) is 99.4 cm³/mol. The molecule has 1 aromatic carbocycles. The maximum atomic E-state index is 13.5. The summed E-state index contributed by atoms with van der Waals surface area (Å²) in [4.78, 5) is 11.8. The standard InChI is InChI=1S/C18H22F4N2O7S/c19-11-1-3-12(4-2-11)32(29,30)24-10-17(5-7-23(8-6-17)16(27)28)31-14(15(24)26)13(9-25)18(20,21)22/h1-4,13-15,25-26H,5-10H2,(H,27,28)/t13?,14-,15?/m1/s1. The summed E-state index contributed by atoms with van der Waals surface area (Å²) in [7, 11) is -4.60. The summed E-state index contributed by atoms with van der Waals surface area (Å²) in [6.07, 6.45) is -11.0. The van der Waals surface area contributed by atoms with Crippen molar-refractivity contribution in [3.05, 3.63) is 30.1 Å². The van der Waals surface area contributed by atoms with Crippen LogP contribution in [0.25, 0.3) is 0 Å². The predicted octanol–water partition coefficient (Wildman–Crippen LogP) is 1.22. The number of sulfonamides is 1. The van der Waals surface area contributed by atoms with E-state index >= 15 is 0 Å². The Hall–Kier alpha value is -2.00. The number of carboxylic acid groups (broad SMARTS) is 1. The summed E-state index contributed by atoms with van der Waals surface area (Å²) in [5, 5.41) is 29.1. The molecule has 14 heteroatoms. The van der Waals surface area contributed by atoms with Gasteiger partial charge in [-0.2, -0.15) is 17.5 Å². The molecule has 1 spiro atoms. The Balaban J connectivity index is 2.02. The van der Waals surface area contributed by atoms with E-state index in [1.165, 1.54) is 0 Å². The number of likely N-dealkylation sites (tertiary alicyclic amines) is 1. The lowest BCUT2D eigenvalue weighted by Gasteiger charge is -2.52. The fourth-order valence-corrected chi connectivity index (χ4v) is 5.52. The normalized spacial score (nSPS) is 25.6. The van der Waals surface area contributed by atoms with Crippen LogP contribution in [0.1, 0.15) is 12.8 Å². The third-order valence-corrected chi connectivity index (χ3v) is 7.63. The number of aliphatic hydroxyl groups excluding tert-OH is 2. The monoisotopic (exact) mass is 486 g/mol. The Morgan fingerprint density at radius 1 is 1.22 bits per heavy atom. The van der Waals surface area contributed by atoms with Gasteiger partial charge in [-0.25, -0.2) is 17.6 Å². The molecule has 3 atom stereocenters. The maximum Gasteiger partial charge on any atom is 0.407 e. The van der Waals surface area contributed by atoms with E-state index < -0.39 is 70.0 Å². The molecule has 0 radical (unpaired) electrons. The molecular formula is C18H22F4N2O7S. The van der Waals surface area contributed by atoms with E-state index in [2.05, 4.69) is 0 Å². The van der Waals surface area contributed by atoms with Gasteiger partial charge in [0.2, 0.25) is 10.0 Å². The number of aliphatic hydroxyl groups is 2. The molecule has 2 fully saturated rings. The Labute approximate surface area is 180 Å². The van der Waals surface area contributed by atoms with Crippen molar-refractivity contribution in [1.29, 1.82) is 0 Å². The van der Waals surface area contributed by atoms with E-state index in [0.29, 0.717) is 4.31 Å². The fourth-order valence-electron chi connectivity index (χ4n) is 3.96. The molecule has 1 amide bonds. The number of alkyl halides is 3. The van der Waals surface area contributed by atoms with Crippen LogP contribution in [0.15, 0.2) is 29.2 Å². The topological polar surface area (TPSA) is 128 Å². The number of ether oxygens (including phenoxy) is 1. The molecule has 32 heavy (non-hydrogen) atoms. The number of carbonyl (C=O) groups is 1. The Morgan fingerprint density at radius 2 is 1.78 bits per heavy atom. The zero-order valence-electron chi connectivity index (χ0n) is 16.6. The van der Waals surface area contributed by atoms with Crippen LogP contribution in [0.5, 0.6) is 0 Å². The van der Waals surface area contributed by atoms with Crippen molar-refractivity contribution in [2.45, 2.75) is 41.8 Å². The van der Waals surface area contributed by atoms with Gasteiger partial charge in [0.1, 0.15) is 24.1 Å². The summed E-state index contributed by atoms with van der Waals surface area (Å²) in [5.41, 5.74) is -1.53. The zero-order chi connectivity index (χ0) is 23.9. The minimum absolute atomic E-state index is 0.127. The van der Waals surface area contributed by atoms with Crippen LogP contribution in [-0.4, -0.2) is 89.4 Å². The van der Waals surface area contributed by atoms with E-state index in [1.807, 2.05) is 0 Å². The largest absolute Gasteiger partial charge is 0.465 e. The molecule has 2 aliphatic rings. The summed E-state index contributed by atoms with van der Waals surface area (Å²) in [5.74, 6) is -3.34. The van der Waals surface area contributed by atoms with Gasteiger partial charge >= 0.3 is 12.3 Å². The molecule has 0 aliphatic carbocycles. The molecule has 3 N–H and O–H groups in total. The number of nitrogens with zero attached hydrogens (tertiary/aromatic N) is 2. The van der Waals surface area contributed by atoms with Crippen molar-refractivity contribution in [3.8, 4) is 0 Å². The van der Waals surface area contributed by atoms with Crippen molar-refractivity contribution in [1.82, 2.24) is 9.21 Å². The van der Waals surface area contributed by atoms with Crippen molar-refractivity contribution < 1.29 is 50.8 Å². The Kier molecular flexibility index (Phi) is 6.73. The van der Waals surface area contributed by atoms with Crippen LogP contribution in [0.2, 0.25) is 0 Å². The number of hydrogen-bond donors (Lipinski definition) is 3. The van der Waals surface area contributed by atoms with E-state index in [4.69, 9.17) is 9.84 Å². The second-order valence-electron chi connectivity index (χ2n) is 7.78. The number of benzene rings is 1. The molecule has 0 bridgehead atoms. The van der Waals surface area contributed by atoms with Gasteiger partial charge in [0.25, 0.3) is 0 Å². The average molecular weight is 486 g/mol. The van der Waals surface area contributed by atoms with Crippen molar-refractivity contribution in [2.24, 2.45) is 5.92 Å². The minimum atomic E-state index is -5.02. The van der Waals surface area contributed by atoms with E-state index in [9.17, 15) is 41.0 Å². The van der Waals surface area contributed by atoms with Gasteiger partial charge in [0.05, 0.1) is 17.1 Å². The van der Waals surface area contributed by atoms with Gasteiger partial charge in [-0.1, -0.05) is 0 Å². The van der Waals surface area contributed by atoms with E-state index in [0.717, 1.165) is 29.2 Å².